The van der Waals surface area contributed by atoms with Crippen LogP contribution in [0, 0.1) is 23.7 Å². The van der Waals surface area contributed by atoms with E-state index in [9.17, 15) is 10.1 Å². The minimum absolute atomic E-state index is 0.0987. The number of fused-ring (bicyclic) bond motifs is 1. The lowest BCUT2D eigenvalue weighted by Gasteiger charge is -2.54. The third kappa shape index (κ3) is 5.00. The number of aryl methyl sites for hydroxylation is 1. The van der Waals surface area contributed by atoms with Gasteiger partial charge in [-0.2, -0.15) is 10.4 Å². The number of H-pyrrole nitrogens is 1. The average Bonchev–Trinajstić information content (AvgIpc) is 3.43. The van der Waals surface area contributed by atoms with Gasteiger partial charge in [0.05, 0.1) is 49.0 Å². The minimum atomic E-state index is -0.500. The third-order valence-corrected chi connectivity index (χ3v) is 8.86. The number of nitriles is 1. The van der Waals surface area contributed by atoms with Gasteiger partial charge >= 0.3 is 6.09 Å². The third-order valence-electron chi connectivity index (χ3n) is 8.86. The van der Waals surface area contributed by atoms with Crippen molar-refractivity contribution in [1.82, 2.24) is 15.1 Å². The molecule has 3 saturated heterocycles. The summed E-state index contributed by atoms with van der Waals surface area (Å²) >= 11 is 0. The van der Waals surface area contributed by atoms with E-state index in [0.29, 0.717) is 24.5 Å². The Balaban J connectivity index is 1.37. The van der Waals surface area contributed by atoms with E-state index < -0.39 is 5.60 Å². The molecule has 10 nitrogen and oxygen atoms in total. The van der Waals surface area contributed by atoms with E-state index in [1.165, 1.54) is 0 Å². The van der Waals surface area contributed by atoms with Crippen LogP contribution in [0.1, 0.15) is 44.7 Å². The number of anilines is 2. The smallest absolute Gasteiger partial charge is 0.410 e. The summed E-state index contributed by atoms with van der Waals surface area (Å²) in [6, 6.07) is 8.81. The van der Waals surface area contributed by atoms with Crippen LogP contribution in [0.5, 0.6) is 5.75 Å². The molecule has 1 amide bonds. The van der Waals surface area contributed by atoms with Crippen molar-refractivity contribution >= 4 is 28.4 Å². The number of hydrogen-bond acceptors (Lipinski definition) is 8. The first-order chi connectivity index (χ1) is 20.1. The summed E-state index contributed by atoms with van der Waals surface area (Å²) in [7, 11) is 1.69. The van der Waals surface area contributed by atoms with Gasteiger partial charge in [-0.1, -0.05) is 6.07 Å². The number of nitrogens with zero attached hydrogens (tertiary/aromatic N) is 5. The molecule has 0 saturated carbocycles. The average molecular weight is 573 g/mol. The molecule has 0 aliphatic carbocycles. The van der Waals surface area contributed by atoms with E-state index in [0.717, 1.165) is 91.1 Å². The number of morpholine rings is 1. The maximum absolute atomic E-state index is 12.6. The fraction of sp³-hybridized carbons (Fsp3) is 0.531. The second kappa shape index (κ2) is 10.7. The Labute approximate surface area is 247 Å². The molecule has 1 aromatic heterocycles. The van der Waals surface area contributed by atoms with E-state index in [4.69, 9.17) is 14.2 Å². The van der Waals surface area contributed by atoms with Crippen LogP contribution in [0.15, 0.2) is 24.4 Å². The Morgan fingerprint density at radius 3 is 2.40 bits per heavy atom. The van der Waals surface area contributed by atoms with E-state index >= 15 is 0 Å². The van der Waals surface area contributed by atoms with Crippen molar-refractivity contribution in [2.75, 3.05) is 69.4 Å². The molecule has 4 heterocycles. The lowest BCUT2D eigenvalue weighted by Crippen LogP contribution is -2.62. The molecule has 0 unspecified atom stereocenters. The van der Waals surface area contributed by atoms with Crippen LogP contribution in [0.2, 0.25) is 0 Å². The zero-order valence-corrected chi connectivity index (χ0v) is 25.2. The monoisotopic (exact) mass is 572 g/mol. The zero-order valence-electron chi connectivity index (χ0n) is 25.2. The highest BCUT2D eigenvalue weighted by Gasteiger charge is 2.48. The van der Waals surface area contributed by atoms with Crippen LogP contribution in [-0.4, -0.2) is 86.4 Å². The van der Waals surface area contributed by atoms with E-state index in [1.807, 2.05) is 37.9 Å². The van der Waals surface area contributed by atoms with Crippen LogP contribution >= 0.6 is 0 Å². The predicted octanol–water partition coefficient (Wildman–Crippen LogP) is 5.09. The highest BCUT2D eigenvalue weighted by atomic mass is 16.6. The quantitative estimate of drug-likeness (QED) is 0.461. The number of aromatic amines is 1. The van der Waals surface area contributed by atoms with Crippen LogP contribution in [0.3, 0.4) is 0 Å². The number of nitrogens with one attached hydrogen (secondary N) is 1. The molecule has 10 heteroatoms. The van der Waals surface area contributed by atoms with Crippen molar-refractivity contribution in [1.29, 1.82) is 5.26 Å². The van der Waals surface area contributed by atoms with Crippen molar-refractivity contribution < 1.29 is 19.0 Å². The first kappa shape index (κ1) is 28.2. The molecule has 222 valence electrons. The highest BCUT2D eigenvalue weighted by Crippen LogP contribution is 2.50. The van der Waals surface area contributed by atoms with E-state index in [1.54, 1.807) is 7.11 Å². The Morgan fingerprint density at radius 2 is 1.76 bits per heavy atom. The normalized spacial score (nSPS) is 18.6. The number of carbonyl (C=O) groups excluding carboxylic acids is 1. The van der Waals surface area contributed by atoms with Crippen molar-refractivity contribution in [3.05, 3.63) is 35.5 Å². The topological polar surface area (TPSA) is 107 Å². The van der Waals surface area contributed by atoms with Gasteiger partial charge < -0.3 is 28.9 Å². The van der Waals surface area contributed by atoms with Crippen LogP contribution in [0.4, 0.5) is 16.2 Å². The fourth-order valence-corrected chi connectivity index (χ4v) is 6.70. The molecule has 0 radical (unpaired) electrons. The number of piperidine rings is 1. The number of rotatable bonds is 4. The first-order valence-electron chi connectivity index (χ1n) is 14.8. The molecule has 3 aromatic rings. The molecule has 2 aromatic carbocycles. The van der Waals surface area contributed by atoms with Crippen molar-refractivity contribution in [3.8, 4) is 22.9 Å². The predicted molar refractivity (Wildman–Crippen MR) is 162 cm³/mol. The SMILES string of the molecule is COc1c(N2CCOCC2)cc(N2CCC3(CC2)CN(C(=O)OC(C)(C)C)C3)c(C#N)c1-c1c(C)ccc2[nH]ncc12. The maximum atomic E-state index is 12.6. The maximum Gasteiger partial charge on any atom is 0.410 e. The second-order valence-corrected chi connectivity index (χ2v) is 12.8. The number of aromatic nitrogens is 2. The molecule has 0 bridgehead atoms. The van der Waals surface area contributed by atoms with Gasteiger partial charge in [0, 0.05) is 61.2 Å². The Kier molecular flexibility index (Phi) is 7.17. The molecule has 0 atom stereocenters. The van der Waals surface area contributed by atoms with Gasteiger partial charge in [-0.15, -0.1) is 0 Å². The molecular formula is C32H40N6O4. The lowest BCUT2D eigenvalue weighted by atomic mass is 9.72. The summed E-state index contributed by atoms with van der Waals surface area (Å²) in [5.41, 5.74) is 5.85. The minimum Gasteiger partial charge on any atom is -0.494 e. The van der Waals surface area contributed by atoms with Gasteiger partial charge in [0.25, 0.3) is 0 Å². The Morgan fingerprint density at radius 1 is 1.07 bits per heavy atom. The summed E-state index contributed by atoms with van der Waals surface area (Å²) in [6.07, 6.45) is 3.49. The second-order valence-electron chi connectivity index (χ2n) is 12.8. The van der Waals surface area contributed by atoms with Gasteiger partial charge in [-0.25, -0.2) is 4.79 Å². The molecule has 3 aliphatic rings. The molecule has 6 rings (SSSR count). The highest BCUT2D eigenvalue weighted by molar-refractivity contribution is 6.02. The van der Waals surface area contributed by atoms with Gasteiger partial charge in [0.15, 0.2) is 5.75 Å². The van der Waals surface area contributed by atoms with Crippen LogP contribution in [0.25, 0.3) is 22.0 Å². The number of ether oxygens (including phenoxy) is 3. The number of amides is 1. The Bertz CT molecular complexity index is 1530. The van der Waals surface area contributed by atoms with Gasteiger partial charge in [-0.3, -0.25) is 5.10 Å². The van der Waals surface area contributed by atoms with Crippen molar-refractivity contribution in [2.24, 2.45) is 5.41 Å². The molecule has 3 fully saturated rings. The van der Waals surface area contributed by atoms with Crippen molar-refractivity contribution in [2.45, 2.75) is 46.1 Å². The van der Waals surface area contributed by atoms with Crippen LogP contribution in [-0.2, 0) is 9.47 Å². The zero-order chi connectivity index (χ0) is 29.6. The van der Waals surface area contributed by atoms with E-state index in [2.05, 4.69) is 45.1 Å². The van der Waals surface area contributed by atoms with Gasteiger partial charge in [-0.05, 0) is 58.2 Å². The summed E-state index contributed by atoms with van der Waals surface area (Å²) < 4.78 is 17.4. The number of likely N-dealkylation sites (tertiary alicyclic amines) is 1. The summed E-state index contributed by atoms with van der Waals surface area (Å²) in [5, 5.41) is 19.1. The summed E-state index contributed by atoms with van der Waals surface area (Å²) in [6.45, 7) is 13.6. The molecule has 1 N–H and O–H groups in total. The van der Waals surface area contributed by atoms with Gasteiger partial charge in [0.2, 0.25) is 0 Å². The number of methoxy groups -OCH3 is 1. The molecular weight excluding hydrogens is 532 g/mol. The molecule has 1 spiro atoms. The number of hydrogen-bond donors (Lipinski definition) is 1. The number of carbonyl (C=O) groups is 1. The number of benzene rings is 2. The first-order valence-corrected chi connectivity index (χ1v) is 14.8. The van der Waals surface area contributed by atoms with E-state index in [-0.39, 0.29) is 11.5 Å². The molecule has 3 aliphatic heterocycles. The summed E-state index contributed by atoms with van der Waals surface area (Å²) in [4.78, 5) is 19.0. The fourth-order valence-electron chi connectivity index (χ4n) is 6.70. The largest absolute Gasteiger partial charge is 0.494 e. The van der Waals surface area contributed by atoms with Crippen molar-refractivity contribution in [3.63, 3.8) is 0 Å². The van der Waals surface area contributed by atoms with Gasteiger partial charge in [0.1, 0.15) is 11.7 Å². The van der Waals surface area contributed by atoms with Crippen LogP contribution < -0.4 is 14.5 Å². The summed E-state index contributed by atoms with van der Waals surface area (Å²) in [5.74, 6) is 0.703. The Hall–Kier alpha value is -3.97. The standard InChI is InChI=1S/C32H40N6O4/c1-21-6-7-24-23(18-34-35-24)27(21)28-22(17-33)25(16-26(29(28)40-5)37-12-14-41-15-13-37)36-10-8-32(9-11-36)19-38(20-32)30(39)42-31(2,3)4/h6-7,16,18H,8-15,19-20H2,1-5H3,(H,34,35). The lowest BCUT2D eigenvalue weighted by molar-refractivity contribution is -0.0434. The molecule has 42 heavy (non-hydrogen) atoms.